The van der Waals surface area contributed by atoms with Crippen LogP contribution in [-0.2, 0) is 14.6 Å². The predicted octanol–water partition coefficient (Wildman–Crippen LogP) is 4.93. The Balaban J connectivity index is 0. The lowest BCUT2D eigenvalue weighted by molar-refractivity contribution is 0.261. The Labute approximate surface area is 165 Å². The summed E-state index contributed by atoms with van der Waals surface area (Å²) in [5.74, 6) is 0. The lowest BCUT2D eigenvalue weighted by atomic mass is 10.1. The summed E-state index contributed by atoms with van der Waals surface area (Å²) >= 11 is 0. The van der Waals surface area contributed by atoms with Crippen molar-refractivity contribution in [1.29, 1.82) is 0 Å². The van der Waals surface area contributed by atoms with Crippen molar-refractivity contribution in [2.45, 2.75) is 96.8 Å². The van der Waals surface area contributed by atoms with Crippen molar-refractivity contribution in [3.05, 3.63) is 12.2 Å². The van der Waals surface area contributed by atoms with Crippen LogP contribution in [0.25, 0.3) is 0 Å². The molecule has 0 aliphatic carbocycles. The van der Waals surface area contributed by atoms with Crippen molar-refractivity contribution >= 4 is 33.5 Å². The van der Waals surface area contributed by atoms with Gasteiger partial charge in [0.2, 0.25) is 0 Å². The molecule has 0 rings (SSSR count). The Hall–Kier alpha value is 0.376. The molecule has 0 fully saturated rings. The molecule has 0 aliphatic heterocycles. The molecule has 0 aromatic heterocycles. The minimum absolute atomic E-state index is 0. The van der Waals surface area contributed by atoms with Gasteiger partial charge in [0.1, 0.15) is 0 Å². The topological polar surface area (TPSA) is 63.6 Å². The zero-order valence-corrected chi connectivity index (χ0v) is 15.7. The first kappa shape index (κ1) is 26.6. The third-order valence-corrected chi connectivity index (χ3v) is 4.35. The van der Waals surface area contributed by atoms with Gasteiger partial charge < -0.3 is 0 Å². The van der Waals surface area contributed by atoms with Crippen molar-refractivity contribution in [2.24, 2.45) is 0 Å². The Kier molecular flexibility index (Phi) is 21.8. The second kappa shape index (κ2) is 19.7. The van der Waals surface area contributed by atoms with Crippen LogP contribution in [-0.4, -0.2) is 42.6 Å². The van der Waals surface area contributed by atoms with Crippen LogP contribution < -0.4 is 0 Å². The average molecular weight is 375 g/mol. The molecule has 0 atom stereocenters. The van der Waals surface area contributed by atoms with Crippen molar-refractivity contribution in [1.82, 2.24) is 0 Å². The smallest absolute Gasteiger partial charge is 0.264 e. The van der Waals surface area contributed by atoms with Gasteiger partial charge in [-0.1, -0.05) is 76.9 Å². The summed E-state index contributed by atoms with van der Waals surface area (Å²) in [4.78, 5) is 0. The summed E-state index contributed by atoms with van der Waals surface area (Å²) in [7, 11) is -4.25. The highest BCUT2D eigenvalue weighted by Crippen LogP contribution is 2.10. The lowest BCUT2D eigenvalue weighted by Crippen LogP contribution is -2.04. The molecule has 0 unspecified atom stereocenters. The van der Waals surface area contributed by atoms with Gasteiger partial charge in [-0.15, -0.1) is 0 Å². The van der Waals surface area contributed by atoms with Gasteiger partial charge in [-0.3, -0.25) is 4.55 Å². The third kappa shape index (κ3) is 24.6. The number of hydrogen-bond donors (Lipinski definition) is 1. The molecule has 0 aliphatic rings. The molecule has 0 aromatic carbocycles. The first-order valence-corrected chi connectivity index (χ1v) is 10.7. The standard InChI is InChI=1S/C18H36O4S.Mg.2H/c1-2-3-4-5-6-7-8-9-10-11-12-13-14-15-16-17-18-22-23(19,20)21;;;/h9-10H,2-8,11-18H2,1H3,(H,19,20,21);;;/b10-9-;;;. The van der Waals surface area contributed by atoms with Crippen LogP contribution in [0.2, 0.25) is 0 Å². The minimum atomic E-state index is -4.25. The molecule has 1 N–H and O–H groups in total. The molecule has 0 radical (unpaired) electrons. The highest BCUT2D eigenvalue weighted by Gasteiger charge is 2.02. The normalized spacial score (nSPS) is 11.8. The highest BCUT2D eigenvalue weighted by atomic mass is 32.3. The summed E-state index contributed by atoms with van der Waals surface area (Å²) in [6, 6.07) is 0. The SMILES string of the molecule is CCCCCCCC/C=C\CCCCCCCCOS(=O)(=O)O.[MgH2]. The molecular formula is C18H38MgO4S. The maximum absolute atomic E-state index is 10.3. The van der Waals surface area contributed by atoms with Crippen LogP contribution in [0.15, 0.2) is 12.2 Å². The first-order valence-electron chi connectivity index (χ1n) is 9.33. The van der Waals surface area contributed by atoms with E-state index in [-0.39, 0.29) is 29.7 Å². The molecule has 6 heteroatoms. The van der Waals surface area contributed by atoms with Crippen molar-refractivity contribution < 1.29 is 17.2 Å². The summed E-state index contributed by atoms with van der Waals surface area (Å²) in [6.45, 7) is 2.33. The quantitative estimate of drug-likeness (QED) is 0.170. The fourth-order valence-corrected chi connectivity index (χ4v) is 2.84. The van der Waals surface area contributed by atoms with E-state index in [0.29, 0.717) is 6.42 Å². The molecule has 0 saturated heterocycles. The van der Waals surface area contributed by atoms with Crippen LogP contribution in [0, 0.1) is 0 Å². The molecule has 0 bridgehead atoms. The summed E-state index contributed by atoms with van der Waals surface area (Å²) in [5, 5.41) is 0. The molecule has 0 aromatic rings. The Bertz CT molecular complexity index is 369. The van der Waals surface area contributed by atoms with E-state index in [1.165, 1.54) is 70.6 Å². The predicted molar refractivity (Wildman–Crippen MR) is 105 cm³/mol. The van der Waals surface area contributed by atoms with E-state index in [1.807, 2.05) is 0 Å². The second-order valence-corrected chi connectivity index (χ2v) is 7.28. The fourth-order valence-electron chi connectivity index (χ4n) is 2.51. The molecule has 142 valence electrons. The van der Waals surface area contributed by atoms with Gasteiger partial charge in [-0.2, -0.15) is 8.42 Å². The maximum Gasteiger partial charge on any atom is 0.397 e. The number of unbranched alkanes of at least 4 members (excludes halogenated alkanes) is 12. The van der Waals surface area contributed by atoms with Gasteiger partial charge in [-0.25, -0.2) is 4.18 Å². The second-order valence-electron chi connectivity index (χ2n) is 6.19. The fraction of sp³-hybridized carbons (Fsp3) is 0.889. The van der Waals surface area contributed by atoms with E-state index >= 15 is 0 Å². The van der Waals surface area contributed by atoms with Crippen molar-refractivity contribution in [3.63, 3.8) is 0 Å². The number of allylic oxidation sites excluding steroid dienone is 2. The van der Waals surface area contributed by atoms with Crippen molar-refractivity contribution in [2.75, 3.05) is 6.61 Å². The van der Waals surface area contributed by atoms with E-state index < -0.39 is 10.4 Å². The van der Waals surface area contributed by atoms with Gasteiger partial charge in [0.15, 0.2) is 0 Å². The van der Waals surface area contributed by atoms with Gasteiger partial charge in [0, 0.05) is 0 Å². The molecule has 4 nitrogen and oxygen atoms in total. The Morgan fingerprint density at radius 1 is 0.750 bits per heavy atom. The van der Waals surface area contributed by atoms with E-state index in [1.54, 1.807) is 0 Å². The minimum Gasteiger partial charge on any atom is -0.264 e. The maximum atomic E-state index is 10.3. The zero-order chi connectivity index (χ0) is 17.2. The largest absolute Gasteiger partial charge is 0.397 e. The summed E-state index contributed by atoms with van der Waals surface area (Å²) in [6.07, 6.45) is 21.5. The van der Waals surface area contributed by atoms with Gasteiger partial charge in [0.25, 0.3) is 0 Å². The van der Waals surface area contributed by atoms with Gasteiger partial charge in [-0.05, 0) is 32.1 Å². The average Bonchev–Trinajstić information content (AvgIpc) is 2.49. The molecule has 0 saturated carbocycles. The van der Waals surface area contributed by atoms with E-state index in [0.717, 1.165) is 12.8 Å². The molecule has 0 heterocycles. The van der Waals surface area contributed by atoms with Crippen LogP contribution >= 0.6 is 0 Å². The first-order chi connectivity index (χ1) is 11.1. The van der Waals surface area contributed by atoms with Crippen LogP contribution in [0.3, 0.4) is 0 Å². The molecule has 24 heavy (non-hydrogen) atoms. The van der Waals surface area contributed by atoms with Crippen LogP contribution in [0.1, 0.15) is 96.8 Å². The number of hydrogen-bond acceptors (Lipinski definition) is 3. The van der Waals surface area contributed by atoms with Gasteiger partial charge in [0.05, 0.1) is 6.61 Å². The zero-order valence-electron chi connectivity index (χ0n) is 14.8. The molecule has 0 spiro atoms. The molecular weight excluding hydrogens is 337 g/mol. The monoisotopic (exact) mass is 374 g/mol. The van der Waals surface area contributed by atoms with E-state index in [2.05, 4.69) is 23.3 Å². The number of rotatable bonds is 17. The summed E-state index contributed by atoms with van der Waals surface area (Å²) < 4.78 is 33.3. The third-order valence-electron chi connectivity index (χ3n) is 3.89. The lowest BCUT2D eigenvalue weighted by Gasteiger charge is -2.01. The van der Waals surface area contributed by atoms with E-state index in [9.17, 15) is 8.42 Å². The molecule has 0 amide bonds. The van der Waals surface area contributed by atoms with Gasteiger partial charge >= 0.3 is 33.5 Å². The van der Waals surface area contributed by atoms with Crippen LogP contribution in [0.5, 0.6) is 0 Å². The van der Waals surface area contributed by atoms with E-state index in [4.69, 9.17) is 4.55 Å². The Morgan fingerprint density at radius 2 is 1.17 bits per heavy atom. The Morgan fingerprint density at radius 3 is 1.62 bits per heavy atom. The van der Waals surface area contributed by atoms with Crippen molar-refractivity contribution in [3.8, 4) is 0 Å². The van der Waals surface area contributed by atoms with Crippen LogP contribution in [0.4, 0.5) is 0 Å². The highest BCUT2D eigenvalue weighted by molar-refractivity contribution is 7.80. The summed E-state index contributed by atoms with van der Waals surface area (Å²) in [5.41, 5.74) is 0.